The predicted molar refractivity (Wildman–Crippen MR) is 65.3 cm³/mol. The van der Waals surface area contributed by atoms with Gasteiger partial charge >= 0.3 is 5.97 Å². The molecule has 0 saturated heterocycles. The average molecular weight is 218 g/mol. The smallest absolute Gasteiger partial charge is 0.331 e. The van der Waals surface area contributed by atoms with Crippen molar-refractivity contribution in [3.05, 3.63) is 47.5 Å². The lowest BCUT2D eigenvalue weighted by molar-refractivity contribution is -0.132. The summed E-state index contributed by atoms with van der Waals surface area (Å²) in [7, 11) is 0. The summed E-state index contributed by atoms with van der Waals surface area (Å²) in [6.07, 6.45) is 3.15. The van der Waals surface area contributed by atoms with Gasteiger partial charge in [0.05, 0.1) is 0 Å². The van der Waals surface area contributed by atoms with Crippen LogP contribution in [-0.2, 0) is 11.2 Å². The van der Waals surface area contributed by atoms with E-state index >= 15 is 0 Å². The Morgan fingerprint density at radius 1 is 1.31 bits per heavy atom. The normalized spacial score (nSPS) is 11.8. The fourth-order valence-corrected chi connectivity index (χ4v) is 1.43. The molecule has 0 aliphatic rings. The molecular weight excluding hydrogens is 200 g/mol. The van der Waals surface area contributed by atoms with Gasteiger partial charge in [-0.05, 0) is 17.9 Å². The lowest BCUT2D eigenvalue weighted by Gasteiger charge is -2.04. The average Bonchev–Trinajstić information content (AvgIpc) is 2.25. The van der Waals surface area contributed by atoms with Gasteiger partial charge in [-0.25, -0.2) is 4.79 Å². The number of carboxylic acid groups (broad SMARTS) is 1. The molecule has 0 amide bonds. The van der Waals surface area contributed by atoms with E-state index in [1.54, 1.807) is 0 Å². The number of allylic oxidation sites excluding steroid dienone is 1. The Balaban J connectivity index is 2.73. The highest BCUT2D eigenvalue weighted by Gasteiger charge is 2.07. The van der Waals surface area contributed by atoms with Crippen LogP contribution in [0.15, 0.2) is 42.0 Å². The van der Waals surface area contributed by atoms with Crippen molar-refractivity contribution >= 4 is 5.97 Å². The van der Waals surface area contributed by atoms with Gasteiger partial charge in [-0.2, -0.15) is 0 Å². The molecular formula is C14H18O2. The third-order valence-electron chi connectivity index (χ3n) is 2.35. The van der Waals surface area contributed by atoms with Gasteiger partial charge in [-0.15, -0.1) is 0 Å². The molecule has 0 fully saturated rings. The third-order valence-corrected chi connectivity index (χ3v) is 2.35. The molecule has 86 valence electrons. The third kappa shape index (κ3) is 4.30. The Bertz CT molecular complexity index is 364. The van der Waals surface area contributed by atoms with E-state index in [1.165, 1.54) is 0 Å². The first-order valence-corrected chi connectivity index (χ1v) is 5.56. The van der Waals surface area contributed by atoms with Gasteiger partial charge in [-0.1, -0.05) is 50.3 Å². The maximum Gasteiger partial charge on any atom is 0.331 e. The first-order chi connectivity index (χ1) is 7.59. The molecule has 0 aromatic heterocycles. The van der Waals surface area contributed by atoms with Crippen LogP contribution < -0.4 is 0 Å². The zero-order chi connectivity index (χ0) is 12.0. The molecule has 1 aromatic carbocycles. The van der Waals surface area contributed by atoms with Gasteiger partial charge in [0.15, 0.2) is 0 Å². The van der Waals surface area contributed by atoms with Gasteiger partial charge in [0.2, 0.25) is 0 Å². The molecule has 1 aromatic rings. The van der Waals surface area contributed by atoms with E-state index in [1.807, 2.05) is 36.4 Å². The SMILES string of the molecule is CC(C)CC=C(Cc1ccccc1)C(=O)O. The Kier molecular flexibility index (Phi) is 4.77. The van der Waals surface area contributed by atoms with Crippen molar-refractivity contribution in [2.75, 3.05) is 0 Å². The molecule has 0 atom stereocenters. The molecule has 0 bridgehead atoms. The van der Waals surface area contributed by atoms with Crippen molar-refractivity contribution in [1.82, 2.24) is 0 Å². The molecule has 1 rings (SSSR count). The zero-order valence-corrected chi connectivity index (χ0v) is 9.81. The molecule has 0 spiro atoms. The Hall–Kier alpha value is -1.57. The van der Waals surface area contributed by atoms with Gasteiger partial charge in [0.25, 0.3) is 0 Å². The summed E-state index contributed by atoms with van der Waals surface area (Å²) < 4.78 is 0. The van der Waals surface area contributed by atoms with Crippen LogP contribution in [0.1, 0.15) is 25.8 Å². The van der Waals surface area contributed by atoms with E-state index in [2.05, 4.69) is 13.8 Å². The monoisotopic (exact) mass is 218 g/mol. The highest BCUT2D eigenvalue weighted by molar-refractivity contribution is 5.87. The van der Waals surface area contributed by atoms with E-state index in [0.717, 1.165) is 12.0 Å². The minimum atomic E-state index is -0.815. The molecule has 0 unspecified atom stereocenters. The first kappa shape index (κ1) is 12.5. The summed E-state index contributed by atoms with van der Waals surface area (Å²) >= 11 is 0. The number of carbonyl (C=O) groups is 1. The first-order valence-electron chi connectivity index (χ1n) is 5.56. The van der Waals surface area contributed by atoms with Crippen molar-refractivity contribution in [1.29, 1.82) is 0 Å². The number of hydrogen-bond acceptors (Lipinski definition) is 1. The highest BCUT2D eigenvalue weighted by Crippen LogP contribution is 2.11. The molecule has 0 heterocycles. The van der Waals surface area contributed by atoms with Gasteiger partial charge in [0, 0.05) is 12.0 Å². The second-order valence-corrected chi connectivity index (χ2v) is 4.33. The second-order valence-electron chi connectivity index (χ2n) is 4.33. The summed E-state index contributed by atoms with van der Waals surface area (Å²) in [5.74, 6) is -0.324. The van der Waals surface area contributed by atoms with Crippen LogP contribution in [0.4, 0.5) is 0 Å². The van der Waals surface area contributed by atoms with Crippen molar-refractivity contribution in [2.24, 2.45) is 5.92 Å². The molecule has 2 heteroatoms. The number of rotatable bonds is 5. The number of carboxylic acids is 1. The summed E-state index contributed by atoms with van der Waals surface area (Å²) in [5.41, 5.74) is 1.53. The van der Waals surface area contributed by atoms with Gasteiger partial charge in [0.1, 0.15) is 0 Å². The van der Waals surface area contributed by atoms with Crippen LogP contribution >= 0.6 is 0 Å². The molecule has 2 nitrogen and oxygen atoms in total. The largest absolute Gasteiger partial charge is 0.478 e. The van der Waals surface area contributed by atoms with Crippen molar-refractivity contribution in [2.45, 2.75) is 26.7 Å². The molecule has 1 N–H and O–H groups in total. The van der Waals surface area contributed by atoms with Crippen LogP contribution in [-0.4, -0.2) is 11.1 Å². The molecule has 0 saturated carbocycles. The van der Waals surface area contributed by atoms with Crippen LogP contribution in [0.2, 0.25) is 0 Å². The molecule has 0 radical (unpaired) electrons. The van der Waals surface area contributed by atoms with Gasteiger partial charge in [-0.3, -0.25) is 0 Å². The summed E-state index contributed by atoms with van der Waals surface area (Å²) in [6, 6.07) is 9.69. The Labute approximate surface area is 96.6 Å². The summed E-state index contributed by atoms with van der Waals surface area (Å²) in [4.78, 5) is 11.0. The van der Waals surface area contributed by atoms with E-state index < -0.39 is 5.97 Å². The second kappa shape index (κ2) is 6.11. The number of benzene rings is 1. The Morgan fingerprint density at radius 3 is 2.44 bits per heavy atom. The van der Waals surface area contributed by atoms with Crippen LogP contribution in [0.5, 0.6) is 0 Å². The van der Waals surface area contributed by atoms with Crippen LogP contribution in [0.3, 0.4) is 0 Å². The maximum absolute atomic E-state index is 11.0. The summed E-state index contributed by atoms with van der Waals surface area (Å²) in [5, 5.41) is 9.08. The fraction of sp³-hybridized carbons (Fsp3) is 0.357. The molecule has 0 aliphatic heterocycles. The lowest BCUT2D eigenvalue weighted by atomic mass is 10.0. The van der Waals surface area contributed by atoms with E-state index in [0.29, 0.717) is 17.9 Å². The fourth-order valence-electron chi connectivity index (χ4n) is 1.43. The number of aliphatic carboxylic acids is 1. The van der Waals surface area contributed by atoms with Crippen molar-refractivity contribution < 1.29 is 9.90 Å². The van der Waals surface area contributed by atoms with E-state index in [-0.39, 0.29) is 0 Å². The minimum absolute atomic E-state index is 0.486. The lowest BCUT2D eigenvalue weighted by Crippen LogP contribution is -2.04. The topological polar surface area (TPSA) is 37.3 Å². The van der Waals surface area contributed by atoms with Gasteiger partial charge < -0.3 is 5.11 Å². The number of hydrogen-bond donors (Lipinski definition) is 1. The van der Waals surface area contributed by atoms with E-state index in [9.17, 15) is 4.79 Å². The van der Waals surface area contributed by atoms with E-state index in [4.69, 9.17) is 5.11 Å². The zero-order valence-electron chi connectivity index (χ0n) is 9.81. The standard InChI is InChI=1S/C14H18O2/c1-11(2)8-9-13(14(15)16)10-12-6-4-3-5-7-12/h3-7,9,11H,8,10H2,1-2H3,(H,15,16). The Morgan fingerprint density at radius 2 is 1.94 bits per heavy atom. The minimum Gasteiger partial charge on any atom is -0.478 e. The quantitative estimate of drug-likeness (QED) is 0.770. The van der Waals surface area contributed by atoms with Crippen LogP contribution in [0.25, 0.3) is 0 Å². The summed E-state index contributed by atoms with van der Waals surface area (Å²) in [6.45, 7) is 4.16. The highest BCUT2D eigenvalue weighted by atomic mass is 16.4. The maximum atomic E-state index is 11.0. The van der Waals surface area contributed by atoms with Crippen molar-refractivity contribution in [3.63, 3.8) is 0 Å². The molecule has 16 heavy (non-hydrogen) atoms. The predicted octanol–water partition coefficient (Wildman–Crippen LogP) is 3.29. The molecule has 0 aliphatic carbocycles. The van der Waals surface area contributed by atoms with Crippen molar-refractivity contribution in [3.8, 4) is 0 Å². The van der Waals surface area contributed by atoms with Crippen LogP contribution in [0, 0.1) is 5.92 Å².